The molecule has 0 spiro atoms. The van der Waals surface area contributed by atoms with E-state index in [1.165, 1.54) is 6.42 Å². The fourth-order valence-corrected chi connectivity index (χ4v) is 3.00. The minimum Gasteiger partial charge on any atom is -0.381 e. The SMILES string of the molecule is CC(C)Cc1nnc(NC2CCCOCC2)s1. The van der Waals surface area contributed by atoms with Gasteiger partial charge in [0.1, 0.15) is 5.01 Å². The van der Waals surface area contributed by atoms with Crippen LogP contribution in [0.4, 0.5) is 5.13 Å². The number of ether oxygens (including phenoxy) is 1. The molecule has 4 nitrogen and oxygen atoms in total. The minimum absolute atomic E-state index is 0.498. The van der Waals surface area contributed by atoms with Gasteiger partial charge in [-0.1, -0.05) is 25.2 Å². The van der Waals surface area contributed by atoms with E-state index in [-0.39, 0.29) is 0 Å². The molecular weight excluding hydrogens is 234 g/mol. The molecule has 1 atom stereocenters. The van der Waals surface area contributed by atoms with Crippen molar-refractivity contribution in [2.75, 3.05) is 18.5 Å². The summed E-state index contributed by atoms with van der Waals surface area (Å²) in [5, 5.41) is 14.0. The first-order valence-corrected chi connectivity index (χ1v) is 7.22. The van der Waals surface area contributed by atoms with Crippen LogP contribution in [0.1, 0.15) is 38.1 Å². The molecule has 0 bridgehead atoms. The summed E-state index contributed by atoms with van der Waals surface area (Å²) in [6.45, 7) is 6.16. The van der Waals surface area contributed by atoms with Crippen molar-refractivity contribution < 1.29 is 4.74 Å². The second-order valence-corrected chi connectivity index (χ2v) is 6.05. The minimum atomic E-state index is 0.498. The van der Waals surface area contributed by atoms with E-state index in [0.717, 1.165) is 42.6 Å². The Balaban J connectivity index is 1.86. The van der Waals surface area contributed by atoms with Crippen LogP contribution in [0.15, 0.2) is 0 Å². The van der Waals surface area contributed by atoms with Crippen LogP contribution < -0.4 is 5.32 Å². The molecule has 2 heterocycles. The molecule has 1 fully saturated rings. The first-order valence-electron chi connectivity index (χ1n) is 6.40. The van der Waals surface area contributed by atoms with Gasteiger partial charge in [0.15, 0.2) is 0 Å². The van der Waals surface area contributed by atoms with E-state index in [9.17, 15) is 0 Å². The second-order valence-electron chi connectivity index (χ2n) is 4.98. The third kappa shape index (κ3) is 4.24. The predicted octanol–water partition coefficient (Wildman–Crippen LogP) is 2.72. The molecule has 17 heavy (non-hydrogen) atoms. The maximum atomic E-state index is 5.45. The molecule has 0 radical (unpaired) electrons. The average molecular weight is 255 g/mol. The zero-order valence-electron chi connectivity index (χ0n) is 10.6. The third-order valence-corrected chi connectivity index (χ3v) is 3.71. The van der Waals surface area contributed by atoms with Gasteiger partial charge in [-0.15, -0.1) is 10.2 Å². The van der Waals surface area contributed by atoms with Crippen LogP contribution >= 0.6 is 11.3 Å². The lowest BCUT2D eigenvalue weighted by Gasteiger charge is -2.13. The predicted molar refractivity (Wildman–Crippen MR) is 70.5 cm³/mol. The lowest BCUT2D eigenvalue weighted by atomic mass is 10.1. The Morgan fingerprint density at radius 1 is 1.35 bits per heavy atom. The maximum Gasteiger partial charge on any atom is 0.205 e. The number of aromatic nitrogens is 2. The van der Waals surface area contributed by atoms with Crippen LogP contribution in [0, 0.1) is 5.92 Å². The Bertz CT molecular complexity index is 332. The number of anilines is 1. The Morgan fingerprint density at radius 3 is 3.06 bits per heavy atom. The summed E-state index contributed by atoms with van der Waals surface area (Å²) in [5.74, 6) is 0.641. The molecule has 1 aliphatic rings. The number of hydrogen-bond acceptors (Lipinski definition) is 5. The highest BCUT2D eigenvalue weighted by atomic mass is 32.1. The monoisotopic (exact) mass is 255 g/mol. The molecule has 1 aromatic heterocycles. The molecular formula is C12H21N3OS. The molecule has 0 aromatic carbocycles. The zero-order chi connectivity index (χ0) is 12.1. The van der Waals surface area contributed by atoms with Gasteiger partial charge in [-0.05, 0) is 25.2 Å². The Morgan fingerprint density at radius 2 is 2.24 bits per heavy atom. The molecule has 1 aromatic rings. The molecule has 0 saturated carbocycles. The smallest absolute Gasteiger partial charge is 0.205 e. The van der Waals surface area contributed by atoms with E-state index >= 15 is 0 Å². The third-order valence-electron chi connectivity index (χ3n) is 2.83. The van der Waals surface area contributed by atoms with E-state index in [0.29, 0.717) is 12.0 Å². The highest BCUT2D eigenvalue weighted by Crippen LogP contribution is 2.21. The van der Waals surface area contributed by atoms with Crippen molar-refractivity contribution in [1.29, 1.82) is 0 Å². The van der Waals surface area contributed by atoms with Gasteiger partial charge in [0.2, 0.25) is 5.13 Å². The molecule has 2 rings (SSSR count). The number of hydrogen-bond donors (Lipinski definition) is 1. The van der Waals surface area contributed by atoms with Gasteiger partial charge in [0, 0.05) is 25.7 Å². The molecule has 1 saturated heterocycles. The topological polar surface area (TPSA) is 47.0 Å². The van der Waals surface area contributed by atoms with Crippen molar-refractivity contribution in [1.82, 2.24) is 10.2 Å². The Kier molecular flexibility index (Phi) is 4.74. The molecule has 1 aliphatic heterocycles. The summed E-state index contributed by atoms with van der Waals surface area (Å²) in [6.07, 6.45) is 4.39. The van der Waals surface area contributed by atoms with E-state index in [4.69, 9.17) is 4.74 Å². The maximum absolute atomic E-state index is 5.45. The van der Waals surface area contributed by atoms with Gasteiger partial charge in [-0.2, -0.15) is 0 Å². The van der Waals surface area contributed by atoms with Crippen LogP contribution in [0.2, 0.25) is 0 Å². The molecule has 0 aliphatic carbocycles. The Hall–Kier alpha value is -0.680. The summed E-state index contributed by atoms with van der Waals surface area (Å²) >= 11 is 1.69. The summed E-state index contributed by atoms with van der Waals surface area (Å²) in [6, 6.07) is 0.498. The van der Waals surface area contributed by atoms with Gasteiger partial charge in [0.05, 0.1) is 0 Å². The number of nitrogens with one attached hydrogen (secondary N) is 1. The fourth-order valence-electron chi connectivity index (χ4n) is 1.97. The van der Waals surface area contributed by atoms with Crippen LogP contribution in [-0.4, -0.2) is 29.5 Å². The normalized spacial score (nSPS) is 21.5. The van der Waals surface area contributed by atoms with Gasteiger partial charge in [0.25, 0.3) is 0 Å². The largest absolute Gasteiger partial charge is 0.381 e. The van der Waals surface area contributed by atoms with Crippen LogP contribution in [0.25, 0.3) is 0 Å². The molecule has 1 unspecified atom stereocenters. The van der Waals surface area contributed by atoms with Crippen molar-refractivity contribution in [3.05, 3.63) is 5.01 Å². The highest BCUT2D eigenvalue weighted by molar-refractivity contribution is 7.15. The van der Waals surface area contributed by atoms with Gasteiger partial charge in [-0.3, -0.25) is 0 Å². The molecule has 0 amide bonds. The van der Waals surface area contributed by atoms with Crippen molar-refractivity contribution >= 4 is 16.5 Å². The standard InChI is InChI=1S/C12H21N3OS/c1-9(2)8-11-14-15-12(17-11)13-10-4-3-6-16-7-5-10/h9-10H,3-8H2,1-2H3,(H,13,15). The average Bonchev–Trinajstić information content (AvgIpc) is 2.54. The summed E-state index contributed by atoms with van der Waals surface area (Å²) in [5.41, 5.74) is 0. The van der Waals surface area contributed by atoms with Crippen LogP contribution in [0.3, 0.4) is 0 Å². The first-order chi connectivity index (χ1) is 8.24. The van der Waals surface area contributed by atoms with Crippen molar-refractivity contribution in [3.63, 3.8) is 0 Å². The summed E-state index contributed by atoms with van der Waals surface area (Å²) < 4.78 is 5.45. The number of rotatable bonds is 4. The quantitative estimate of drug-likeness (QED) is 0.898. The van der Waals surface area contributed by atoms with Crippen molar-refractivity contribution in [2.24, 2.45) is 5.92 Å². The lowest BCUT2D eigenvalue weighted by molar-refractivity contribution is 0.144. The van der Waals surface area contributed by atoms with Gasteiger partial charge < -0.3 is 10.1 Å². The summed E-state index contributed by atoms with van der Waals surface area (Å²) in [7, 11) is 0. The highest BCUT2D eigenvalue weighted by Gasteiger charge is 2.14. The van der Waals surface area contributed by atoms with E-state index in [2.05, 4.69) is 29.4 Å². The van der Waals surface area contributed by atoms with Crippen molar-refractivity contribution in [3.8, 4) is 0 Å². The van der Waals surface area contributed by atoms with Gasteiger partial charge >= 0.3 is 0 Å². The summed E-state index contributed by atoms with van der Waals surface area (Å²) in [4.78, 5) is 0. The van der Waals surface area contributed by atoms with E-state index in [1.807, 2.05) is 0 Å². The van der Waals surface area contributed by atoms with E-state index in [1.54, 1.807) is 11.3 Å². The number of nitrogens with zero attached hydrogens (tertiary/aromatic N) is 2. The van der Waals surface area contributed by atoms with Crippen molar-refractivity contribution in [2.45, 2.75) is 45.6 Å². The fraction of sp³-hybridized carbons (Fsp3) is 0.833. The first kappa shape index (κ1) is 12.8. The second kappa shape index (κ2) is 6.31. The molecule has 5 heteroatoms. The zero-order valence-corrected chi connectivity index (χ0v) is 11.4. The van der Waals surface area contributed by atoms with E-state index < -0.39 is 0 Å². The molecule has 1 N–H and O–H groups in total. The van der Waals surface area contributed by atoms with Crippen LogP contribution in [-0.2, 0) is 11.2 Å². The Labute approximate surface area is 107 Å². The van der Waals surface area contributed by atoms with Crippen LogP contribution in [0.5, 0.6) is 0 Å². The lowest BCUT2D eigenvalue weighted by Crippen LogP contribution is -2.19. The van der Waals surface area contributed by atoms with Gasteiger partial charge in [-0.25, -0.2) is 0 Å². The molecule has 96 valence electrons.